The van der Waals surface area contributed by atoms with Crippen molar-refractivity contribution in [3.05, 3.63) is 23.8 Å². The third kappa shape index (κ3) is 4.29. The second-order valence-electron chi connectivity index (χ2n) is 4.52. The smallest absolute Gasteiger partial charge is 0.420 e. The van der Waals surface area contributed by atoms with Crippen LogP contribution in [0.25, 0.3) is 0 Å². The molecule has 0 spiro atoms. The molecule has 0 saturated heterocycles. The summed E-state index contributed by atoms with van der Waals surface area (Å²) in [6.07, 6.45) is -4.61. The highest BCUT2D eigenvalue weighted by atomic mass is 32.2. The van der Waals surface area contributed by atoms with Gasteiger partial charge in [0.05, 0.1) is 16.6 Å². The maximum Gasteiger partial charge on any atom is 0.420 e. The number of sulfone groups is 1. The predicted octanol–water partition coefficient (Wildman–Crippen LogP) is 2.49. The molecule has 1 aromatic carbocycles. The van der Waals surface area contributed by atoms with Crippen molar-refractivity contribution < 1.29 is 26.3 Å². The molecule has 8 heteroatoms. The van der Waals surface area contributed by atoms with Gasteiger partial charge in [-0.25, -0.2) is 8.42 Å². The van der Waals surface area contributed by atoms with Crippen LogP contribution >= 0.6 is 0 Å². The molecule has 0 aliphatic heterocycles. The summed E-state index contributed by atoms with van der Waals surface area (Å²) in [5.41, 5.74) is 4.25. The maximum atomic E-state index is 12.8. The van der Waals surface area contributed by atoms with E-state index in [2.05, 4.69) is 0 Å². The number of anilines is 1. The summed E-state index contributed by atoms with van der Waals surface area (Å²) in [6.45, 7) is 2.66. The molecule has 20 heavy (non-hydrogen) atoms. The van der Waals surface area contributed by atoms with Crippen LogP contribution in [0.1, 0.15) is 19.4 Å². The van der Waals surface area contributed by atoms with E-state index >= 15 is 0 Å². The summed E-state index contributed by atoms with van der Waals surface area (Å²) >= 11 is 0. The van der Waals surface area contributed by atoms with E-state index in [9.17, 15) is 21.6 Å². The molecule has 0 atom stereocenters. The Morgan fingerprint density at radius 2 is 1.90 bits per heavy atom. The fourth-order valence-corrected chi connectivity index (χ4v) is 2.19. The highest BCUT2D eigenvalue weighted by molar-refractivity contribution is 7.91. The minimum atomic E-state index is -4.61. The van der Waals surface area contributed by atoms with Crippen LogP contribution in [-0.2, 0) is 16.0 Å². The highest BCUT2D eigenvalue weighted by Crippen LogP contribution is 2.37. The van der Waals surface area contributed by atoms with E-state index in [1.165, 1.54) is 19.9 Å². The zero-order valence-corrected chi connectivity index (χ0v) is 11.9. The number of nitrogens with two attached hydrogens (primary N) is 1. The molecule has 0 aromatic heterocycles. The van der Waals surface area contributed by atoms with E-state index in [0.29, 0.717) is 0 Å². The number of nitrogen functional groups attached to an aromatic ring is 1. The first-order valence-electron chi connectivity index (χ1n) is 5.85. The Morgan fingerprint density at radius 3 is 2.40 bits per heavy atom. The van der Waals surface area contributed by atoms with Gasteiger partial charge in [0.25, 0.3) is 0 Å². The van der Waals surface area contributed by atoms with Crippen LogP contribution < -0.4 is 10.5 Å². The molecule has 0 saturated carbocycles. The van der Waals surface area contributed by atoms with Crippen molar-refractivity contribution in [2.24, 2.45) is 0 Å². The van der Waals surface area contributed by atoms with Gasteiger partial charge in [-0.05, 0) is 32.0 Å². The second kappa shape index (κ2) is 5.90. The first kappa shape index (κ1) is 16.6. The highest BCUT2D eigenvalue weighted by Gasteiger charge is 2.34. The quantitative estimate of drug-likeness (QED) is 0.848. The van der Waals surface area contributed by atoms with Crippen molar-refractivity contribution in [3.8, 4) is 5.75 Å². The zero-order chi connectivity index (χ0) is 15.6. The number of hydrogen-bond acceptors (Lipinski definition) is 4. The van der Waals surface area contributed by atoms with Gasteiger partial charge in [-0.1, -0.05) is 0 Å². The summed E-state index contributed by atoms with van der Waals surface area (Å²) < 4.78 is 66.3. The lowest BCUT2D eigenvalue weighted by Crippen LogP contribution is -2.22. The molecule has 0 unspecified atom stereocenters. The van der Waals surface area contributed by atoms with Gasteiger partial charge < -0.3 is 10.5 Å². The van der Waals surface area contributed by atoms with Gasteiger partial charge in [-0.3, -0.25) is 0 Å². The predicted molar refractivity (Wildman–Crippen MR) is 70.3 cm³/mol. The van der Waals surface area contributed by atoms with Crippen molar-refractivity contribution >= 4 is 15.5 Å². The number of halogens is 3. The standard InChI is InChI=1S/C12H16F3NO3S/c1-8(2)20(17,18)6-5-19-11-4-3-9(16)7-10(11)12(13,14)15/h3-4,7-8H,5-6,16H2,1-2H3. The number of rotatable bonds is 5. The first-order chi connectivity index (χ1) is 9.04. The summed E-state index contributed by atoms with van der Waals surface area (Å²) in [5.74, 6) is -0.766. The number of ether oxygens (including phenoxy) is 1. The maximum absolute atomic E-state index is 12.8. The Morgan fingerprint density at radius 1 is 1.30 bits per heavy atom. The molecule has 2 N–H and O–H groups in total. The second-order valence-corrected chi connectivity index (χ2v) is 7.19. The van der Waals surface area contributed by atoms with Gasteiger partial charge in [0.2, 0.25) is 0 Å². The Hall–Kier alpha value is -1.44. The number of alkyl halides is 3. The van der Waals surface area contributed by atoms with Crippen molar-refractivity contribution in [1.82, 2.24) is 0 Å². The Kier molecular flexibility index (Phi) is 4.90. The minimum Gasteiger partial charge on any atom is -0.492 e. The largest absolute Gasteiger partial charge is 0.492 e. The number of benzene rings is 1. The molecule has 0 amide bonds. The molecule has 4 nitrogen and oxygen atoms in total. The van der Waals surface area contributed by atoms with Gasteiger partial charge in [-0.2, -0.15) is 13.2 Å². The van der Waals surface area contributed by atoms with Gasteiger partial charge in [-0.15, -0.1) is 0 Å². The van der Waals surface area contributed by atoms with E-state index in [4.69, 9.17) is 10.5 Å². The fraction of sp³-hybridized carbons (Fsp3) is 0.500. The molecular formula is C12H16F3NO3S. The van der Waals surface area contributed by atoms with Crippen LogP contribution in [0.15, 0.2) is 18.2 Å². The molecule has 0 aliphatic rings. The third-order valence-electron chi connectivity index (χ3n) is 2.65. The molecule has 0 heterocycles. The normalized spacial score (nSPS) is 12.7. The Labute approximate surface area is 115 Å². The van der Waals surface area contributed by atoms with E-state index in [-0.39, 0.29) is 18.0 Å². The summed E-state index contributed by atoms with van der Waals surface area (Å²) in [7, 11) is -3.36. The van der Waals surface area contributed by atoms with Gasteiger partial charge in [0.1, 0.15) is 12.4 Å². The van der Waals surface area contributed by atoms with Crippen LogP contribution in [0.2, 0.25) is 0 Å². The molecular weight excluding hydrogens is 295 g/mol. The molecule has 0 bridgehead atoms. The lowest BCUT2D eigenvalue weighted by atomic mass is 10.1. The average molecular weight is 311 g/mol. The van der Waals surface area contributed by atoms with Crippen molar-refractivity contribution in [1.29, 1.82) is 0 Å². The van der Waals surface area contributed by atoms with Crippen molar-refractivity contribution in [2.45, 2.75) is 25.3 Å². The van der Waals surface area contributed by atoms with Gasteiger partial charge in [0.15, 0.2) is 9.84 Å². The van der Waals surface area contributed by atoms with Gasteiger partial charge >= 0.3 is 6.18 Å². The molecule has 1 aromatic rings. The van der Waals surface area contributed by atoms with Crippen LogP contribution in [-0.4, -0.2) is 26.0 Å². The zero-order valence-electron chi connectivity index (χ0n) is 11.1. The number of hydrogen-bond donors (Lipinski definition) is 1. The van der Waals surface area contributed by atoms with E-state index in [1.807, 2.05) is 0 Å². The summed E-state index contributed by atoms with van der Waals surface area (Å²) in [4.78, 5) is 0. The van der Waals surface area contributed by atoms with Crippen LogP contribution in [0.3, 0.4) is 0 Å². The van der Waals surface area contributed by atoms with E-state index in [1.54, 1.807) is 0 Å². The average Bonchev–Trinajstić information content (AvgIpc) is 2.29. The Bertz CT molecular complexity index is 568. The van der Waals surface area contributed by atoms with Crippen LogP contribution in [0.5, 0.6) is 5.75 Å². The topological polar surface area (TPSA) is 69.4 Å². The Balaban J connectivity index is 2.84. The van der Waals surface area contributed by atoms with Crippen LogP contribution in [0, 0.1) is 0 Å². The lowest BCUT2D eigenvalue weighted by molar-refractivity contribution is -0.138. The van der Waals surface area contributed by atoms with E-state index < -0.39 is 32.6 Å². The third-order valence-corrected chi connectivity index (χ3v) is 4.82. The molecule has 1 rings (SSSR count). The monoisotopic (exact) mass is 311 g/mol. The summed E-state index contributed by atoms with van der Waals surface area (Å²) in [6, 6.07) is 3.11. The van der Waals surface area contributed by atoms with Gasteiger partial charge in [0, 0.05) is 5.69 Å². The molecule has 0 radical (unpaired) electrons. The van der Waals surface area contributed by atoms with E-state index in [0.717, 1.165) is 12.1 Å². The summed E-state index contributed by atoms with van der Waals surface area (Å²) in [5, 5.41) is -0.598. The minimum absolute atomic E-state index is 0.0422. The fourth-order valence-electron chi connectivity index (χ4n) is 1.40. The lowest BCUT2D eigenvalue weighted by Gasteiger charge is -2.15. The SMILES string of the molecule is CC(C)S(=O)(=O)CCOc1ccc(N)cc1C(F)(F)F. The first-order valence-corrected chi connectivity index (χ1v) is 7.56. The molecule has 114 valence electrons. The molecule has 0 aliphatic carbocycles. The van der Waals surface area contributed by atoms with Crippen molar-refractivity contribution in [2.75, 3.05) is 18.1 Å². The van der Waals surface area contributed by atoms with Crippen molar-refractivity contribution in [3.63, 3.8) is 0 Å². The van der Waals surface area contributed by atoms with Crippen LogP contribution in [0.4, 0.5) is 18.9 Å². The molecule has 0 fully saturated rings.